The number of hydrogen-bond acceptors (Lipinski definition) is 2. The SMILES string of the molecule is Cn1[nH]c(-c2cc(C(F)(F)F)ccc2Br)nc1=S. The van der Waals surface area contributed by atoms with E-state index >= 15 is 0 Å². The van der Waals surface area contributed by atoms with Gasteiger partial charge in [0.25, 0.3) is 0 Å². The van der Waals surface area contributed by atoms with Crippen molar-refractivity contribution in [2.75, 3.05) is 0 Å². The van der Waals surface area contributed by atoms with Gasteiger partial charge in [0.1, 0.15) is 0 Å². The van der Waals surface area contributed by atoms with Crippen molar-refractivity contribution in [3.63, 3.8) is 0 Å². The highest BCUT2D eigenvalue weighted by atomic mass is 79.9. The van der Waals surface area contributed by atoms with E-state index in [9.17, 15) is 13.2 Å². The van der Waals surface area contributed by atoms with Crippen LogP contribution in [0.1, 0.15) is 5.56 Å². The molecular formula is C10H7BrF3N3S. The fourth-order valence-corrected chi connectivity index (χ4v) is 1.98. The van der Waals surface area contributed by atoms with Crippen LogP contribution in [0.15, 0.2) is 22.7 Å². The third kappa shape index (κ3) is 2.49. The first-order valence-electron chi connectivity index (χ1n) is 4.79. The normalized spacial score (nSPS) is 11.8. The third-order valence-corrected chi connectivity index (χ3v) is 3.37. The highest BCUT2D eigenvalue weighted by Crippen LogP contribution is 2.34. The van der Waals surface area contributed by atoms with Gasteiger partial charge in [0.05, 0.1) is 5.56 Å². The molecule has 0 fully saturated rings. The molecule has 0 amide bonds. The van der Waals surface area contributed by atoms with E-state index in [-0.39, 0.29) is 4.77 Å². The number of rotatable bonds is 1. The molecular weight excluding hydrogens is 331 g/mol. The lowest BCUT2D eigenvalue weighted by molar-refractivity contribution is -0.137. The molecule has 0 aliphatic heterocycles. The Morgan fingerprint density at radius 2 is 2.06 bits per heavy atom. The Bertz CT molecular complexity index is 645. The molecule has 1 N–H and O–H groups in total. The maximum Gasteiger partial charge on any atom is 0.416 e. The molecule has 0 spiro atoms. The van der Waals surface area contributed by atoms with Gasteiger partial charge in [-0.1, -0.05) is 15.9 Å². The summed E-state index contributed by atoms with van der Waals surface area (Å²) >= 11 is 8.10. The van der Waals surface area contributed by atoms with Crippen LogP contribution >= 0.6 is 28.1 Å². The van der Waals surface area contributed by atoms with Crippen LogP contribution in [0.25, 0.3) is 11.4 Å². The lowest BCUT2D eigenvalue weighted by Gasteiger charge is -2.09. The van der Waals surface area contributed by atoms with E-state index < -0.39 is 11.7 Å². The highest BCUT2D eigenvalue weighted by Gasteiger charge is 2.31. The molecule has 8 heteroatoms. The molecule has 0 saturated heterocycles. The molecule has 18 heavy (non-hydrogen) atoms. The zero-order chi connectivity index (χ0) is 13.5. The molecule has 3 nitrogen and oxygen atoms in total. The van der Waals surface area contributed by atoms with E-state index in [1.54, 1.807) is 7.05 Å². The molecule has 2 rings (SSSR count). The molecule has 0 unspecified atom stereocenters. The van der Waals surface area contributed by atoms with Gasteiger partial charge in [-0.05, 0) is 30.4 Å². The first kappa shape index (κ1) is 13.3. The van der Waals surface area contributed by atoms with Crippen LogP contribution < -0.4 is 0 Å². The largest absolute Gasteiger partial charge is 0.416 e. The second-order valence-electron chi connectivity index (χ2n) is 3.61. The lowest BCUT2D eigenvalue weighted by Crippen LogP contribution is -2.05. The first-order chi connectivity index (χ1) is 8.29. The van der Waals surface area contributed by atoms with Crippen molar-refractivity contribution < 1.29 is 13.2 Å². The van der Waals surface area contributed by atoms with Gasteiger partial charge in [-0.2, -0.15) is 18.2 Å². The molecule has 1 aromatic carbocycles. The maximum atomic E-state index is 12.6. The Balaban J connectivity index is 2.60. The van der Waals surface area contributed by atoms with Crippen LogP contribution in [-0.2, 0) is 13.2 Å². The molecule has 0 bridgehead atoms. The smallest absolute Gasteiger partial charge is 0.279 e. The van der Waals surface area contributed by atoms with Gasteiger partial charge in [0.2, 0.25) is 4.77 Å². The van der Waals surface area contributed by atoms with Crippen molar-refractivity contribution in [1.82, 2.24) is 14.8 Å². The molecule has 1 heterocycles. The van der Waals surface area contributed by atoms with Gasteiger partial charge < -0.3 is 0 Å². The molecule has 96 valence electrons. The first-order valence-corrected chi connectivity index (χ1v) is 5.99. The molecule has 0 aliphatic carbocycles. The van der Waals surface area contributed by atoms with E-state index in [0.717, 1.165) is 12.1 Å². The van der Waals surface area contributed by atoms with Crippen molar-refractivity contribution >= 4 is 28.1 Å². The zero-order valence-corrected chi connectivity index (χ0v) is 11.4. The van der Waals surface area contributed by atoms with E-state index in [1.165, 1.54) is 10.7 Å². The summed E-state index contributed by atoms with van der Waals surface area (Å²) in [6, 6.07) is 3.37. The minimum absolute atomic E-state index is 0.273. The molecule has 0 radical (unpaired) electrons. The van der Waals surface area contributed by atoms with Crippen LogP contribution in [0.2, 0.25) is 0 Å². The van der Waals surface area contributed by atoms with Crippen molar-refractivity contribution in [3.05, 3.63) is 33.0 Å². The highest BCUT2D eigenvalue weighted by molar-refractivity contribution is 9.10. The van der Waals surface area contributed by atoms with Gasteiger partial charge in [0.15, 0.2) is 5.82 Å². The number of alkyl halides is 3. The summed E-state index contributed by atoms with van der Waals surface area (Å²) in [6.45, 7) is 0. The van der Waals surface area contributed by atoms with Crippen LogP contribution in [0.4, 0.5) is 13.2 Å². The number of nitrogens with zero attached hydrogens (tertiary/aromatic N) is 2. The van der Waals surface area contributed by atoms with Crippen molar-refractivity contribution in [3.8, 4) is 11.4 Å². The second kappa shape index (κ2) is 4.51. The van der Waals surface area contributed by atoms with Gasteiger partial charge >= 0.3 is 6.18 Å². The summed E-state index contributed by atoms with van der Waals surface area (Å²) < 4.78 is 40.1. The van der Waals surface area contributed by atoms with E-state index in [0.29, 0.717) is 15.9 Å². The number of H-pyrrole nitrogens is 1. The Hall–Kier alpha value is -1.15. The summed E-state index contributed by atoms with van der Waals surface area (Å²) in [7, 11) is 1.64. The molecule has 0 saturated carbocycles. The quantitative estimate of drug-likeness (QED) is 0.800. The van der Waals surface area contributed by atoms with E-state index in [4.69, 9.17) is 12.2 Å². The number of aryl methyl sites for hydroxylation is 1. The van der Waals surface area contributed by atoms with Crippen LogP contribution in [-0.4, -0.2) is 14.8 Å². The number of nitrogens with one attached hydrogen (secondary N) is 1. The van der Waals surface area contributed by atoms with Gasteiger partial charge in [-0.15, -0.1) is 0 Å². The summed E-state index contributed by atoms with van der Waals surface area (Å²) in [5, 5.41) is 2.78. The van der Waals surface area contributed by atoms with Crippen molar-refractivity contribution in [1.29, 1.82) is 0 Å². The lowest BCUT2D eigenvalue weighted by atomic mass is 10.1. The third-order valence-electron chi connectivity index (χ3n) is 2.32. The minimum Gasteiger partial charge on any atom is -0.279 e. The van der Waals surface area contributed by atoms with Gasteiger partial charge in [-0.3, -0.25) is 9.78 Å². The van der Waals surface area contributed by atoms with E-state index in [1.807, 2.05) is 0 Å². The Morgan fingerprint density at radius 1 is 1.39 bits per heavy atom. The van der Waals surface area contributed by atoms with Crippen LogP contribution in [0.5, 0.6) is 0 Å². The topological polar surface area (TPSA) is 33.6 Å². The Morgan fingerprint density at radius 3 is 2.56 bits per heavy atom. The monoisotopic (exact) mass is 337 g/mol. The van der Waals surface area contributed by atoms with Gasteiger partial charge in [0, 0.05) is 17.1 Å². The number of halogens is 4. The maximum absolute atomic E-state index is 12.6. The predicted octanol–water partition coefficient (Wildman–Crippen LogP) is 3.93. The average molecular weight is 338 g/mol. The fourth-order valence-electron chi connectivity index (χ4n) is 1.41. The predicted molar refractivity (Wildman–Crippen MR) is 66.5 cm³/mol. The Labute approximate surface area is 114 Å². The minimum atomic E-state index is -4.39. The molecule has 0 aliphatic rings. The number of aromatic nitrogens is 3. The summed E-state index contributed by atoms with van der Waals surface area (Å²) in [6.07, 6.45) is -4.39. The van der Waals surface area contributed by atoms with Crippen LogP contribution in [0, 0.1) is 4.77 Å². The second-order valence-corrected chi connectivity index (χ2v) is 4.83. The summed E-state index contributed by atoms with van der Waals surface area (Å²) in [5.41, 5.74) is -0.415. The van der Waals surface area contributed by atoms with E-state index in [2.05, 4.69) is 26.0 Å². The molecule has 0 atom stereocenters. The zero-order valence-electron chi connectivity index (χ0n) is 9.05. The number of benzene rings is 1. The van der Waals surface area contributed by atoms with Crippen molar-refractivity contribution in [2.24, 2.45) is 7.05 Å². The number of aromatic amines is 1. The average Bonchev–Trinajstić information content (AvgIpc) is 2.58. The summed E-state index contributed by atoms with van der Waals surface area (Å²) in [5.74, 6) is 0.292. The fraction of sp³-hybridized carbons (Fsp3) is 0.200. The molecule has 1 aromatic heterocycles. The van der Waals surface area contributed by atoms with Crippen LogP contribution in [0.3, 0.4) is 0 Å². The summed E-state index contributed by atoms with van der Waals surface area (Å²) in [4.78, 5) is 3.99. The standard InChI is InChI=1S/C10H7BrF3N3S/c1-17-9(18)15-8(16-17)6-4-5(10(12,13)14)2-3-7(6)11/h2-4H,1H3,(H,15,16,18). The Kier molecular flexibility index (Phi) is 3.33. The van der Waals surface area contributed by atoms with Gasteiger partial charge in [-0.25, -0.2) is 0 Å². The molecule has 2 aromatic rings. The number of hydrogen-bond donors (Lipinski definition) is 1. The van der Waals surface area contributed by atoms with Crippen molar-refractivity contribution in [2.45, 2.75) is 6.18 Å².